The van der Waals surface area contributed by atoms with Crippen molar-refractivity contribution in [1.29, 1.82) is 0 Å². The molecule has 0 unspecified atom stereocenters. The van der Waals surface area contributed by atoms with Gasteiger partial charge in [-0.15, -0.1) is 0 Å². The Kier molecular flexibility index (Phi) is 5.38. The minimum Gasteiger partial charge on any atom is -0.496 e. The summed E-state index contributed by atoms with van der Waals surface area (Å²) in [7, 11) is -2.30. The predicted molar refractivity (Wildman–Crippen MR) is 118 cm³/mol. The van der Waals surface area contributed by atoms with E-state index in [0.717, 1.165) is 10.9 Å². The molecule has 1 heterocycles. The van der Waals surface area contributed by atoms with Gasteiger partial charge in [-0.3, -0.25) is 9.71 Å². The van der Waals surface area contributed by atoms with E-state index in [2.05, 4.69) is 21.5 Å². The van der Waals surface area contributed by atoms with E-state index in [9.17, 15) is 8.42 Å². The average molecular weight is 414 g/mol. The Balaban J connectivity index is 1.74. The van der Waals surface area contributed by atoms with Gasteiger partial charge in [0, 0.05) is 34.3 Å². The Bertz CT molecular complexity index is 1370. The second kappa shape index (κ2) is 8.27. The Hall–Kier alpha value is -3.82. The fourth-order valence-corrected chi connectivity index (χ4v) is 4.41. The van der Waals surface area contributed by atoms with Crippen LogP contribution < -0.4 is 9.46 Å². The molecule has 5 nitrogen and oxygen atoms in total. The molecule has 1 aromatic heterocycles. The first-order chi connectivity index (χ1) is 14.6. The lowest BCUT2D eigenvalue weighted by Crippen LogP contribution is -2.14. The molecule has 0 fully saturated rings. The quantitative estimate of drug-likeness (QED) is 0.501. The van der Waals surface area contributed by atoms with E-state index in [1.54, 1.807) is 68.0 Å². The lowest BCUT2D eigenvalue weighted by molar-refractivity contribution is 0.419. The number of ether oxygens (including phenoxy) is 1. The zero-order valence-electron chi connectivity index (χ0n) is 16.2. The van der Waals surface area contributed by atoms with Crippen molar-refractivity contribution in [2.75, 3.05) is 11.8 Å². The van der Waals surface area contributed by atoms with E-state index in [1.165, 1.54) is 0 Å². The van der Waals surface area contributed by atoms with Crippen LogP contribution in [0.1, 0.15) is 11.1 Å². The summed E-state index contributed by atoms with van der Waals surface area (Å²) in [5, 5.41) is 1.32. The number of hydrogen-bond donors (Lipinski definition) is 1. The molecular weight excluding hydrogens is 396 g/mol. The van der Waals surface area contributed by atoms with E-state index >= 15 is 0 Å². The molecule has 0 saturated carbocycles. The van der Waals surface area contributed by atoms with Crippen LogP contribution >= 0.6 is 0 Å². The van der Waals surface area contributed by atoms with Crippen molar-refractivity contribution in [3.8, 4) is 17.6 Å². The summed E-state index contributed by atoms with van der Waals surface area (Å²) in [6.45, 7) is 0. The number of fused-ring (bicyclic) bond motifs is 1. The maximum atomic E-state index is 13.2. The normalized spacial score (nSPS) is 10.8. The van der Waals surface area contributed by atoms with Crippen molar-refractivity contribution in [1.82, 2.24) is 4.98 Å². The van der Waals surface area contributed by atoms with Crippen molar-refractivity contribution >= 4 is 26.5 Å². The summed E-state index contributed by atoms with van der Waals surface area (Å²) in [6.07, 6.45) is 3.33. The second-order valence-electron chi connectivity index (χ2n) is 6.45. The number of hydrogen-bond acceptors (Lipinski definition) is 4. The van der Waals surface area contributed by atoms with Gasteiger partial charge in [-0.1, -0.05) is 48.2 Å². The van der Waals surface area contributed by atoms with Gasteiger partial charge in [0.05, 0.1) is 17.7 Å². The first-order valence-electron chi connectivity index (χ1n) is 9.18. The maximum Gasteiger partial charge on any atom is 0.262 e. The number of methoxy groups -OCH3 is 1. The Morgan fingerprint density at radius 2 is 1.63 bits per heavy atom. The number of aromatic nitrogens is 1. The zero-order valence-corrected chi connectivity index (χ0v) is 17.0. The standard InChI is InChI=1S/C24H18N2O3S/c1-29-23-14-15-24(21-10-4-3-9-20(21)23)30(27,28)26-22-11-5-2-8-19(22)13-12-18-7-6-16-25-17-18/h2-11,14-17,26H,1H3. The van der Waals surface area contributed by atoms with E-state index in [1.807, 2.05) is 24.3 Å². The highest BCUT2D eigenvalue weighted by atomic mass is 32.2. The molecular formula is C24H18N2O3S. The number of nitrogens with zero attached hydrogens (tertiary/aromatic N) is 1. The van der Waals surface area contributed by atoms with Crippen LogP contribution in [0.15, 0.2) is 90.1 Å². The van der Waals surface area contributed by atoms with Gasteiger partial charge in [0.1, 0.15) is 5.75 Å². The number of para-hydroxylation sites is 1. The molecule has 0 spiro atoms. The van der Waals surface area contributed by atoms with Crippen molar-refractivity contribution in [2.24, 2.45) is 0 Å². The van der Waals surface area contributed by atoms with E-state index in [0.29, 0.717) is 22.4 Å². The first kappa shape index (κ1) is 19.5. The molecule has 0 aliphatic carbocycles. The summed E-state index contributed by atoms with van der Waals surface area (Å²) in [5.41, 5.74) is 1.73. The van der Waals surface area contributed by atoms with Crippen molar-refractivity contribution in [3.63, 3.8) is 0 Å². The number of rotatable bonds is 4. The van der Waals surface area contributed by atoms with Crippen LogP contribution in [0.25, 0.3) is 10.8 Å². The summed E-state index contributed by atoms with van der Waals surface area (Å²) < 4.78 is 34.5. The van der Waals surface area contributed by atoms with Crippen LogP contribution in [-0.4, -0.2) is 20.5 Å². The number of benzene rings is 3. The third-order valence-corrected chi connectivity index (χ3v) is 5.95. The SMILES string of the molecule is COc1ccc(S(=O)(=O)Nc2ccccc2C#Cc2cccnc2)c2ccccc12. The molecule has 0 radical (unpaired) electrons. The summed E-state index contributed by atoms with van der Waals surface area (Å²) in [6, 6.07) is 21.1. The topological polar surface area (TPSA) is 68.3 Å². The van der Waals surface area contributed by atoms with Crippen molar-refractivity contribution < 1.29 is 13.2 Å². The molecule has 3 aromatic carbocycles. The number of sulfonamides is 1. The van der Waals surface area contributed by atoms with Crippen LogP contribution in [0.4, 0.5) is 5.69 Å². The zero-order chi connectivity index (χ0) is 21.0. The minimum atomic E-state index is -3.86. The van der Waals surface area contributed by atoms with Crippen LogP contribution in [0.3, 0.4) is 0 Å². The summed E-state index contributed by atoms with van der Waals surface area (Å²) >= 11 is 0. The molecule has 148 valence electrons. The molecule has 1 N–H and O–H groups in total. The highest BCUT2D eigenvalue weighted by Gasteiger charge is 2.20. The van der Waals surface area contributed by atoms with Crippen LogP contribution in [0, 0.1) is 11.8 Å². The number of nitrogens with one attached hydrogen (secondary N) is 1. The average Bonchev–Trinajstić information content (AvgIpc) is 2.78. The van der Waals surface area contributed by atoms with Crippen molar-refractivity contribution in [2.45, 2.75) is 4.90 Å². The molecule has 0 amide bonds. The predicted octanol–water partition coefficient (Wildman–Crippen LogP) is 4.44. The largest absolute Gasteiger partial charge is 0.496 e. The highest BCUT2D eigenvalue weighted by molar-refractivity contribution is 7.93. The first-order valence-corrected chi connectivity index (χ1v) is 10.7. The molecule has 6 heteroatoms. The van der Waals surface area contributed by atoms with Gasteiger partial charge in [0.2, 0.25) is 0 Å². The Morgan fingerprint density at radius 3 is 2.40 bits per heavy atom. The Morgan fingerprint density at radius 1 is 0.867 bits per heavy atom. The van der Waals surface area contributed by atoms with Gasteiger partial charge in [0.25, 0.3) is 10.0 Å². The molecule has 0 bridgehead atoms. The molecule has 0 aliphatic heterocycles. The fourth-order valence-electron chi connectivity index (χ4n) is 3.11. The minimum absolute atomic E-state index is 0.175. The molecule has 4 aromatic rings. The van der Waals surface area contributed by atoms with Crippen molar-refractivity contribution in [3.05, 3.63) is 96.3 Å². The third-order valence-electron chi connectivity index (χ3n) is 4.53. The molecule has 0 aliphatic rings. The lowest BCUT2D eigenvalue weighted by atomic mass is 10.1. The molecule has 0 atom stereocenters. The van der Waals surface area contributed by atoms with Gasteiger partial charge < -0.3 is 4.74 Å². The monoisotopic (exact) mass is 414 g/mol. The second-order valence-corrected chi connectivity index (χ2v) is 8.11. The summed E-state index contributed by atoms with van der Waals surface area (Å²) in [5.74, 6) is 6.65. The number of anilines is 1. The Labute approximate surface area is 175 Å². The van der Waals surface area contributed by atoms with Crippen LogP contribution in [-0.2, 0) is 10.0 Å². The van der Waals surface area contributed by atoms with Gasteiger partial charge in [0.15, 0.2) is 0 Å². The van der Waals surface area contributed by atoms with Gasteiger partial charge in [-0.2, -0.15) is 0 Å². The van der Waals surface area contributed by atoms with Gasteiger partial charge in [-0.05, 0) is 36.4 Å². The fraction of sp³-hybridized carbons (Fsp3) is 0.0417. The highest BCUT2D eigenvalue weighted by Crippen LogP contribution is 2.32. The maximum absolute atomic E-state index is 13.2. The smallest absolute Gasteiger partial charge is 0.262 e. The molecule has 4 rings (SSSR count). The number of pyridine rings is 1. The van der Waals surface area contributed by atoms with E-state index in [-0.39, 0.29) is 4.90 Å². The molecule has 30 heavy (non-hydrogen) atoms. The van der Waals surface area contributed by atoms with E-state index in [4.69, 9.17) is 4.74 Å². The van der Waals surface area contributed by atoms with Crippen LogP contribution in [0.2, 0.25) is 0 Å². The summed E-state index contributed by atoms with van der Waals surface area (Å²) in [4.78, 5) is 4.21. The lowest BCUT2D eigenvalue weighted by Gasteiger charge is -2.13. The third kappa shape index (κ3) is 3.97. The van der Waals surface area contributed by atoms with Gasteiger partial charge >= 0.3 is 0 Å². The molecule has 0 saturated heterocycles. The van der Waals surface area contributed by atoms with Gasteiger partial charge in [-0.25, -0.2) is 8.42 Å². The van der Waals surface area contributed by atoms with Crippen LogP contribution in [0.5, 0.6) is 5.75 Å². The van der Waals surface area contributed by atoms with E-state index < -0.39 is 10.0 Å².